The Morgan fingerprint density at radius 1 is 1.00 bits per heavy atom. The Balaban J connectivity index is 1.17. The van der Waals surface area contributed by atoms with Crippen LogP contribution in [-0.4, -0.2) is 60.9 Å². The molecule has 190 valence electrons. The molecule has 36 heavy (non-hydrogen) atoms. The number of fused-ring (bicyclic) bond motifs is 2. The molecule has 1 spiro atoms. The predicted octanol–water partition coefficient (Wildman–Crippen LogP) is 5.12. The van der Waals surface area contributed by atoms with Gasteiger partial charge >= 0.3 is 0 Å². The number of likely N-dealkylation sites (tertiary alicyclic amines) is 2. The number of anilines is 1. The zero-order chi connectivity index (χ0) is 25.0. The van der Waals surface area contributed by atoms with Gasteiger partial charge in [-0.05, 0) is 68.6 Å². The van der Waals surface area contributed by atoms with Crippen LogP contribution in [0.25, 0.3) is 6.08 Å². The van der Waals surface area contributed by atoms with E-state index in [1.165, 1.54) is 11.1 Å². The second-order valence-corrected chi connectivity index (χ2v) is 10.7. The van der Waals surface area contributed by atoms with Crippen molar-refractivity contribution in [3.8, 4) is 0 Å². The first-order valence-electron chi connectivity index (χ1n) is 13.7. The molecule has 0 radical (unpaired) electrons. The third kappa shape index (κ3) is 5.12. The summed E-state index contributed by atoms with van der Waals surface area (Å²) in [6.07, 6.45) is 10.4. The zero-order valence-corrected chi connectivity index (χ0v) is 21.6. The topological polar surface area (TPSA) is 43.9 Å². The number of para-hydroxylation sites is 1. The average Bonchev–Trinajstić information content (AvgIpc) is 3.47. The average molecular weight is 486 g/mol. The summed E-state index contributed by atoms with van der Waals surface area (Å²) >= 11 is 0. The van der Waals surface area contributed by atoms with Crippen molar-refractivity contribution in [1.29, 1.82) is 0 Å². The van der Waals surface area contributed by atoms with E-state index in [0.717, 1.165) is 64.0 Å². The molecule has 0 aromatic heterocycles. The first kappa shape index (κ1) is 24.8. The minimum absolute atomic E-state index is 0.0962. The van der Waals surface area contributed by atoms with Crippen molar-refractivity contribution in [3.63, 3.8) is 0 Å². The van der Waals surface area contributed by atoms with E-state index in [1.54, 1.807) is 0 Å². The molecule has 1 atom stereocenters. The Kier molecular flexibility index (Phi) is 7.56. The van der Waals surface area contributed by atoms with Crippen LogP contribution in [-0.2, 0) is 15.0 Å². The highest BCUT2D eigenvalue weighted by molar-refractivity contribution is 5.99. The molecule has 1 aliphatic carbocycles. The molecule has 2 amide bonds. The number of nitrogens with zero attached hydrogens (tertiary/aromatic N) is 3. The lowest BCUT2D eigenvalue weighted by Gasteiger charge is -2.39. The zero-order valence-electron chi connectivity index (χ0n) is 21.6. The van der Waals surface area contributed by atoms with Crippen molar-refractivity contribution in [2.45, 2.75) is 50.9 Å². The number of hydrogen-bond acceptors (Lipinski definition) is 3. The molecule has 0 bridgehead atoms. The minimum atomic E-state index is -0.237. The number of carbonyl (C=O) groups excluding carboxylic acids is 2. The van der Waals surface area contributed by atoms with E-state index >= 15 is 0 Å². The molecule has 0 saturated carbocycles. The van der Waals surface area contributed by atoms with E-state index in [9.17, 15) is 9.59 Å². The highest BCUT2D eigenvalue weighted by Gasteiger charge is 2.38. The smallest absolute Gasteiger partial charge is 0.232 e. The predicted molar refractivity (Wildman–Crippen MR) is 146 cm³/mol. The summed E-state index contributed by atoms with van der Waals surface area (Å²) in [6, 6.07) is 18.8. The summed E-state index contributed by atoms with van der Waals surface area (Å²) in [6.45, 7) is 7.30. The molecule has 2 aliphatic heterocycles. The van der Waals surface area contributed by atoms with E-state index in [4.69, 9.17) is 0 Å². The number of amides is 2. The molecule has 2 heterocycles. The van der Waals surface area contributed by atoms with Gasteiger partial charge in [0.2, 0.25) is 11.8 Å². The SMILES string of the molecule is CCCCN1CC(C(=O)N(CCCN2CCC3(C=Cc4ccccc43)CC2)c2ccccc2)CC1=O. The Bertz CT molecular complexity index is 1090. The van der Waals surface area contributed by atoms with Gasteiger partial charge in [-0.2, -0.15) is 0 Å². The number of piperidine rings is 1. The van der Waals surface area contributed by atoms with Crippen molar-refractivity contribution in [2.24, 2.45) is 5.92 Å². The molecule has 5 rings (SSSR count). The highest BCUT2D eigenvalue weighted by atomic mass is 16.2. The fourth-order valence-electron chi connectivity index (χ4n) is 6.20. The third-order valence-electron chi connectivity index (χ3n) is 8.36. The normalized spacial score (nSPS) is 20.8. The molecular formula is C31H39N3O2. The quantitative estimate of drug-likeness (QED) is 0.495. The Hall–Kier alpha value is -2.92. The van der Waals surface area contributed by atoms with Crippen molar-refractivity contribution >= 4 is 23.6 Å². The minimum Gasteiger partial charge on any atom is -0.342 e. The molecule has 2 saturated heterocycles. The summed E-state index contributed by atoms with van der Waals surface area (Å²) in [4.78, 5) is 32.5. The lowest BCUT2D eigenvalue weighted by molar-refractivity contribution is -0.128. The highest BCUT2D eigenvalue weighted by Crippen LogP contribution is 2.43. The summed E-state index contributed by atoms with van der Waals surface area (Å²) in [5, 5.41) is 0. The van der Waals surface area contributed by atoms with Gasteiger partial charge in [0.05, 0.1) is 5.92 Å². The van der Waals surface area contributed by atoms with Gasteiger partial charge in [-0.15, -0.1) is 0 Å². The molecular weight excluding hydrogens is 446 g/mol. The van der Waals surface area contributed by atoms with E-state index in [2.05, 4.69) is 48.2 Å². The Morgan fingerprint density at radius 2 is 1.75 bits per heavy atom. The van der Waals surface area contributed by atoms with E-state index < -0.39 is 0 Å². The maximum Gasteiger partial charge on any atom is 0.232 e. The monoisotopic (exact) mass is 485 g/mol. The summed E-state index contributed by atoms with van der Waals surface area (Å²) in [5.74, 6) is -0.0166. The van der Waals surface area contributed by atoms with Crippen LogP contribution in [0.15, 0.2) is 60.7 Å². The first-order valence-corrected chi connectivity index (χ1v) is 13.7. The van der Waals surface area contributed by atoms with E-state index in [1.807, 2.05) is 40.1 Å². The Labute approximate surface area is 215 Å². The lowest BCUT2D eigenvalue weighted by atomic mass is 9.74. The molecule has 5 nitrogen and oxygen atoms in total. The molecule has 2 aromatic rings. The van der Waals surface area contributed by atoms with Crippen molar-refractivity contribution in [3.05, 3.63) is 71.8 Å². The molecule has 0 N–H and O–H groups in total. The molecule has 3 aliphatic rings. The van der Waals surface area contributed by atoms with Crippen LogP contribution < -0.4 is 4.90 Å². The summed E-state index contributed by atoms with van der Waals surface area (Å²) < 4.78 is 0. The van der Waals surface area contributed by atoms with Crippen LogP contribution in [0, 0.1) is 5.92 Å². The van der Waals surface area contributed by atoms with Crippen LogP contribution in [0.3, 0.4) is 0 Å². The van der Waals surface area contributed by atoms with Gasteiger partial charge in [0.1, 0.15) is 0 Å². The maximum absolute atomic E-state index is 13.6. The van der Waals surface area contributed by atoms with Crippen LogP contribution >= 0.6 is 0 Å². The number of unbranched alkanes of at least 4 members (excludes halogenated alkanes) is 1. The molecule has 1 unspecified atom stereocenters. The fraction of sp³-hybridized carbons (Fsp3) is 0.484. The second-order valence-electron chi connectivity index (χ2n) is 10.7. The lowest BCUT2D eigenvalue weighted by Crippen LogP contribution is -2.43. The number of carbonyl (C=O) groups is 2. The second kappa shape index (κ2) is 11.0. The van der Waals surface area contributed by atoms with Gasteiger partial charge in [-0.1, -0.05) is 68.0 Å². The van der Waals surface area contributed by atoms with Gasteiger partial charge < -0.3 is 14.7 Å². The Morgan fingerprint density at radius 3 is 2.53 bits per heavy atom. The van der Waals surface area contributed by atoms with Gasteiger partial charge in [0.25, 0.3) is 0 Å². The largest absolute Gasteiger partial charge is 0.342 e. The van der Waals surface area contributed by atoms with E-state index in [0.29, 0.717) is 19.5 Å². The van der Waals surface area contributed by atoms with Gasteiger partial charge in [-0.3, -0.25) is 9.59 Å². The van der Waals surface area contributed by atoms with Crippen LogP contribution in [0.1, 0.15) is 56.6 Å². The van der Waals surface area contributed by atoms with Crippen LogP contribution in [0.2, 0.25) is 0 Å². The molecule has 2 aromatic carbocycles. The molecule has 5 heteroatoms. The summed E-state index contributed by atoms with van der Waals surface area (Å²) in [5.41, 5.74) is 4.01. The first-order chi connectivity index (χ1) is 17.6. The number of benzene rings is 2. The standard InChI is InChI=1S/C31H39N3O2/c1-2-3-19-33-24-26(23-29(33)35)30(36)34(27-11-5-4-6-12-27)20-9-18-32-21-16-31(17-22-32)15-14-25-10-7-8-13-28(25)31/h4-8,10-15,26H,2-3,9,16-24H2,1H3. The molecule has 2 fully saturated rings. The number of allylic oxidation sites excluding steroid dienone is 1. The van der Waals surface area contributed by atoms with Gasteiger partial charge in [-0.25, -0.2) is 0 Å². The van der Waals surface area contributed by atoms with Crippen molar-refractivity contribution in [2.75, 3.05) is 44.2 Å². The van der Waals surface area contributed by atoms with Crippen LogP contribution in [0.5, 0.6) is 0 Å². The van der Waals surface area contributed by atoms with E-state index in [-0.39, 0.29) is 23.1 Å². The maximum atomic E-state index is 13.6. The fourth-order valence-corrected chi connectivity index (χ4v) is 6.20. The van der Waals surface area contributed by atoms with Crippen LogP contribution in [0.4, 0.5) is 5.69 Å². The summed E-state index contributed by atoms with van der Waals surface area (Å²) in [7, 11) is 0. The van der Waals surface area contributed by atoms with Crippen molar-refractivity contribution < 1.29 is 9.59 Å². The number of rotatable bonds is 9. The van der Waals surface area contributed by atoms with Gasteiger partial charge in [0.15, 0.2) is 0 Å². The third-order valence-corrected chi connectivity index (χ3v) is 8.36. The number of hydrogen-bond donors (Lipinski definition) is 0. The van der Waals surface area contributed by atoms with Gasteiger partial charge in [0, 0.05) is 37.2 Å². The van der Waals surface area contributed by atoms with Crippen molar-refractivity contribution in [1.82, 2.24) is 9.80 Å².